The summed E-state index contributed by atoms with van der Waals surface area (Å²) in [6.07, 6.45) is 0.674. The molecule has 0 aliphatic heterocycles. The largest absolute Gasteiger partial charge is 0.261 e. The van der Waals surface area contributed by atoms with Crippen LogP contribution in [0.2, 0.25) is 0 Å². The van der Waals surface area contributed by atoms with E-state index in [1.807, 2.05) is 6.92 Å². The van der Waals surface area contributed by atoms with Crippen molar-refractivity contribution in [1.82, 2.24) is 4.72 Å². The second-order valence-electron chi connectivity index (χ2n) is 3.31. The lowest BCUT2D eigenvalue weighted by molar-refractivity contribution is 0.580. The van der Waals surface area contributed by atoms with E-state index in [1.165, 1.54) is 12.1 Å². The zero-order valence-corrected chi connectivity index (χ0v) is 11.4. The molecule has 0 unspecified atom stereocenters. The summed E-state index contributed by atoms with van der Waals surface area (Å²) in [7, 11) is -2.28. The standard InChI is InChI=1S/C9H12ClNO4S2/c1-2-7-11-17(14,15)9-5-3-8(4-6-9)16(10,12)13/h3-6,11H,2,7H2,1H3. The van der Waals surface area contributed by atoms with Crippen LogP contribution >= 0.6 is 10.7 Å². The molecule has 0 bridgehead atoms. The van der Waals surface area contributed by atoms with E-state index in [0.29, 0.717) is 13.0 Å². The van der Waals surface area contributed by atoms with Gasteiger partial charge < -0.3 is 0 Å². The van der Waals surface area contributed by atoms with Gasteiger partial charge in [-0.3, -0.25) is 0 Å². The number of halogens is 1. The lowest BCUT2D eigenvalue weighted by atomic mass is 10.4. The number of benzene rings is 1. The van der Waals surface area contributed by atoms with Crippen molar-refractivity contribution >= 4 is 29.8 Å². The fraction of sp³-hybridized carbons (Fsp3) is 0.333. The Labute approximate surface area is 105 Å². The molecule has 0 amide bonds. The predicted molar refractivity (Wildman–Crippen MR) is 65.0 cm³/mol. The summed E-state index contributed by atoms with van der Waals surface area (Å²) in [6, 6.07) is 4.71. The summed E-state index contributed by atoms with van der Waals surface area (Å²) in [4.78, 5) is -0.122. The van der Waals surface area contributed by atoms with Gasteiger partial charge >= 0.3 is 0 Å². The first-order valence-corrected chi connectivity index (χ1v) is 8.61. The molecule has 0 spiro atoms. The predicted octanol–water partition coefficient (Wildman–Crippen LogP) is 1.30. The van der Waals surface area contributed by atoms with Crippen LogP contribution in [0.1, 0.15) is 13.3 Å². The maximum atomic E-state index is 11.7. The van der Waals surface area contributed by atoms with Crippen LogP contribution in [0.25, 0.3) is 0 Å². The van der Waals surface area contributed by atoms with Crippen LogP contribution in [0.5, 0.6) is 0 Å². The average molecular weight is 298 g/mol. The SMILES string of the molecule is CCCNS(=O)(=O)c1ccc(S(=O)(=O)Cl)cc1. The Balaban J connectivity index is 3.03. The highest BCUT2D eigenvalue weighted by molar-refractivity contribution is 8.13. The number of sulfonamides is 1. The van der Waals surface area contributed by atoms with Gasteiger partial charge in [-0.1, -0.05) is 6.92 Å². The Morgan fingerprint density at radius 2 is 1.53 bits per heavy atom. The van der Waals surface area contributed by atoms with Crippen LogP contribution in [-0.2, 0) is 19.1 Å². The first-order valence-electron chi connectivity index (χ1n) is 4.82. The molecule has 0 aromatic heterocycles. The Morgan fingerprint density at radius 3 is 1.94 bits per heavy atom. The molecule has 0 heterocycles. The lowest BCUT2D eigenvalue weighted by Crippen LogP contribution is -2.24. The van der Waals surface area contributed by atoms with Crippen LogP contribution in [0, 0.1) is 0 Å². The molecule has 0 saturated heterocycles. The smallest absolute Gasteiger partial charge is 0.211 e. The highest BCUT2D eigenvalue weighted by Crippen LogP contribution is 2.17. The number of hydrogen-bond donors (Lipinski definition) is 1. The van der Waals surface area contributed by atoms with Gasteiger partial charge in [0.2, 0.25) is 10.0 Å². The fourth-order valence-electron chi connectivity index (χ4n) is 1.10. The van der Waals surface area contributed by atoms with E-state index in [-0.39, 0.29) is 9.79 Å². The third-order valence-corrected chi connectivity index (χ3v) is 4.80. The maximum Gasteiger partial charge on any atom is 0.261 e. The summed E-state index contributed by atoms with van der Waals surface area (Å²) in [5.41, 5.74) is 0. The monoisotopic (exact) mass is 297 g/mol. The average Bonchev–Trinajstić information content (AvgIpc) is 2.25. The summed E-state index contributed by atoms with van der Waals surface area (Å²) in [5.74, 6) is 0. The van der Waals surface area contributed by atoms with E-state index in [0.717, 1.165) is 12.1 Å². The number of nitrogens with one attached hydrogen (secondary N) is 1. The minimum absolute atomic E-state index is 0.00927. The molecule has 1 N–H and O–H groups in total. The van der Waals surface area contributed by atoms with Gasteiger partial charge in [0.05, 0.1) is 9.79 Å². The van der Waals surface area contributed by atoms with Gasteiger partial charge in [0, 0.05) is 17.2 Å². The fourth-order valence-corrected chi connectivity index (χ4v) is 3.00. The summed E-state index contributed by atoms with van der Waals surface area (Å²) in [5, 5.41) is 0. The molecule has 96 valence electrons. The zero-order chi connectivity index (χ0) is 13.1. The van der Waals surface area contributed by atoms with Crippen molar-refractivity contribution in [3.05, 3.63) is 24.3 Å². The van der Waals surface area contributed by atoms with Gasteiger partial charge in [0.25, 0.3) is 9.05 Å². The van der Waals surface area contributed by atoms with Crippen LogP contribution < -0.4 is 4.72 Å². The Hall–Kier alpha value is -0.630. The van der Waals surface area contributed by atoms with Crippen LogP contribution in [0.3, 0.4) is 0 Å². The van der Waals surface area contributed by atoms with E-state index in [9.17, 15) is 16.8 Å². The molecule has 0 radical (unpaired) electrons. The molecule has 1 aromatic rings. The van der Waals surface area contributed by atoms with Crippen molar-refractivity contribution in [2.75, 3.05) is 6.54 Å². The molecule has 0 fully saturated rings. The van der Waals surface area contributed by atoms with Crippen LogP contribution in [-0.4, -0.2) is 23.4 Å². The molecular formula is C9H12ClNO4S2. The van der Waals surface area contributed by atoms with Gasteiger partial charge in [0.1, 0.15) is 0 Å². The summed E-state index contributed by atoms with van der Waals surface area (Å²) < 4.78 is 47.6. The number of rotatable bonds is 5. The van der Waals surface area contributed by atoms with Gasteiger partial charge in [-0.15, -0.1) is 0 Å². The molecule has 8 heteroatoms. The summed E-state index contributed by atoms with van der Waals surface area (Å²) >= 11 is 0. The topological polar surface area (TPSA) is 80.3 Å². The third-order valence-electron chi connectivity index (χ3n) is 1.96. The molecule has 0 atom stereocenters. The highest BCUT2D eigenvalue weighted by Gasteiger charge is 2.15. The first kappa shape index (κ1) is 14.4. The van der Waals surface area contributed by atoms with Crippen molar-refractivity contribution in [2.24, 2.45) is 0 Å². The van der Waals surface area contributed by atoms with E-state index in [2.05, 4.69) is 4.72 Å². The van der Waals surface area contributed by atoms with Gasteiger partial charge in [-0.2, -0.15) is 0 Å². The van der Waals surface area contributed by atoms with Gasteiger partial charge in [-0.05, 0) is 30.7 Å². The normalized spacial score (nSPS) is 12.6. The second kappa shape index (κ2) is 5.34. The van der Waals surface area contributed by atoms with Crippen molar-refractivity contribution in [3.8, 4) is 0 Å². The molecule has 17 heavy (non-hydrogen) atoms. The molecule has 0 aliphatic rings. The molecular weight excluding hydrogens is 286 g/mol. The van der Waals surface area contributed by atoms with Gasteiger partial charge in [0.15, 0.2) is 0 Å². The maximum absolute atomic E-state index is 11.7. The van der Waals surface area contributed by atoms with Gasteiger partial charge in [-0.25, -0.2) is 21.6 Å². The Bertz CT molecular complexity index is 578. The quantitative estimate of drug-likeness (QED) is 0.831. The second-order valence-corrected chi connectivity index (χ2v) is 7.64. The lowest BCUT2D eigenvalue weighted by Gasteiger charge is -2.05. The van der Waals surface area contributed by atoms with Crippen molar-refractivity contribution < 1.29 is 16.8 Å². The Kier molecular flexibility index (Phi) is 4.54. The first-order chi connectivity index (χ1) is 7.77. The van der Waals surface area contributed by atoms with E-state index in [1.54, 1.807) is 0 Å². The third kappa shape index (κ3) is 3.95. The summed E-state index contributed by atoms with van der Waals surface area (Å²) in [6.45, 7) is 2.17. The van der Waals surface area contributed by atoms with Crippen molar-refractivity contribution in [2.45, 2.75) is 23.1 Å². The van der Waals surface area contributed by atoms with E-state index in [4.69, 9.17) is 10.7 Å². The molecule has 0 saturated carbocycles. The van der Waals surface area contributed by atoms with Crippen molar-refractivity contribution in [1.29, 1.82) is 0 Å². The van der Waals surface area contributed by atoms with Crippen molar-refractivity contribution in [3.63, 3.8) is 0 Å². The van der Waals surface area contributed by atoms with E-state index < -0.39 is 19.1 Å². The minimum atomic E-state index is -3.83. The Morgan fingerprint density at radius 1 is 1.06 bits per heavy atom. The minimum Gasteiger partial charge on any atom is -0.211 e. The number of hydrogen-bond acceptors (Lipinski definition) is 4. The van der Waals surface area contributed by atoms with Crippen LogP contribution in [0.15, 0.2) is 34.1 Å². The molecule has 1 rings (SSSR count). The van der Waals surface area contributed by atoms with Crippen LogP contribution in [0.4, 0.5) is 0 Å². The molecule has 5 nitrogen and oxygen atoms in total. The van der Waals surface area contributed by atoms with E-state index >= 15 is 0 Å². The molecule has 1 aromatic carbocycles. The highest BCUT2D eigenvalue weighted by atomic mass is 35.7. The zero-order valence-electron chi connectivity index (χ0n) is 9.05. The molecule has 0 aliphatic carbocycles.